The molecule has 24 heavy (non-hydrogen) atoms. The molecular weight excluding hydrogens is 320 g/mol. The average Bonchev–Trinajstić information content (AvgIpc) is 3.33. The van der Waals surface area contributed by atoms with E-state index in [1.807, 2.05) is 18.2 Å². The first kappa shape index (κ1) is 17.1. The fourth-order valence-electron chi connectivity index (χ4n) is 3.74. The van der Waals surface area contributed by atoms with Crippen LogP contribution in [0.25, 0.3) is 0 Å². The van der Waals surface area contributed by atoms with Crippen molar-refractivity contribution in [3.8, 4) is 0 Å². The molecule has 0 saturated heterocycles. The van der Waals surface area contributed by atoms with E-state index in [1.54, 1.807) is 24.3 Å². The normalized spacial score (nSPS) is 22.3. The van der Waals surface area contributed by atoms with E-state index >= 15 is 0 Å². The Morgan fingerprint density at radius 2 is 1.54 bits per heavy atom. The summed E-state index contributed by atoms with van der Waals surface area (Å²) in [6.07, 6.45) is 0.954. The Balaban J connectivity index is 2.02. The number of nitrogens with two attached hydrogens (primary N) is 2. The SMILES string of the molecule is CCc1ccc([C@H]2[C@@H](S(=O)(=O)c3ccccc3)C2(CN)CN)cc1. The summed E-state index contributed by atoms with van der Waals surface area (Å²) in [5.74, 6) is -0.149. The van der Waals surface area contributed by atoms with Crippen LogP contribution in [0, 0.1) is 5.41 Å². The van der Waals surface area contributed by atoms with E-state index < -0.39 is 20.5 Å². The third-order valence-electron chi connectivity index (χ3n) is 5.29. The van der Waals surface area contributed by atoms with Gasteiger partial charge < -0.3 is 11.5 Å². The quantitative estimate of drug-likeness (QED) is 0.840. The molecule has 4 nitrogen and oxygen atoms in total. The summed E-state index contributed by atoms with van der Waals surface area (Å²) in [7, 11) is -3.47. The van der Waals surface area contributed by atoms with Gasteiger partial charge in [-0.3, -0.25) is 0 Å². The molecule has 4 N–H and O–H groups in total. The Kier molecular flexibility index (Phi) is 4.51. The molecule has 5 heteroatoms. The van der Waals surface area contributed by atoms with E-state index in [2.05, 4.69) is 19.1 Å². The zero-order valence-electron chi connectivity index (χ0n) is 13.9. The summed E-state index contributed by atoms with van der Waals surface area (Å²) >= 11 is 0. The van der Waals surface area contributed by atoms with Crippen LogP contribution in [0.15, 0.2) is 59.5 Å². The van der Waals surface area contributed by atoms with Gasteiger partial charge in [0, 0.05) is 24.4 Å². The second-order valence-electron chi connectivity index (χ2n) is 6.49. The molecule has 128 valence electrons. The largest absolute Gasteiger partial charge is 0.330 e. The number of aryl methyl sites for hydroxylation is 1. The highest BCUT2D eigenvalue weighted by Crippen LogP contribution is 2.62. The monoisotopic (exact) mass is 344 g/mol. The Bertz CT molecular complexity index is 797. The van der Waals surface area contributed by atoms with Crippen molar-refractivity contribution >= 4 is 9.84 Å². The number of sulfone groups is 1. The van der Waals surface area contributed by atoms with Crippen molar-refractivity contribution in [1.82, 2.24) is 0 Å². The predicted molar refractivity (Wildman–Crippen MR) is 96.5 cm³/mol. The number of benzene rings is 2. The fourth-order valence-corrected chi connectivity index (χ4v) is 6.23. The highest BCUT2D eigenvalue weighted by molar-refractivity contribution is 7.92. The molecule has 0 unspecified atom stereocenters. The first-order valence-corrected chi connectivity index (χ1v) is 9.84. The lowest BCUT2D eigenvalue weighted by Crippen LogP contribution is -2.31. The van der Waals surface area contributed by atoms with Crippen LogP contribution in [0.3, 0.4) is 0 Å². The number of hydrogen-bond acceptors (Lipinski definition) is 4. The second-order valence-corrected chi connectivity index (χ2v) is 8.56. The van der Waals surface area contributed by atoms with E-state index in [1.165, 1.54) is 5.56 Å². The van der Waals surface area contributed by atoms with Crippen LogP contribution < -0.4 is 11.5 Å². The van der Waals surface area contributed by atoms with Gasteiger partial charge >= 0.3 is 0 Å². The number of rotatable bonds is 6. The van der Waals surface area contributed by atoms with Gasteiger partial charge in [-0.05, 0) is 29.7 Å². The van der Waals surface area contributed by atoms with Gasteiger partial charge in [0.15, 0.2) is 9.84 Å². The molecule has 0 heterocycles. The molecule has 0 bridgehead atoms. The summed E-state index contributed by atoms with van der Waals surface area (Å²) in [5, 5.41) is -0.560. The van der Waals surface area contributed by atoms with Crippen molar-refractivity contribution in [2.75, 3.05) is 13.1 Å². The average molecular weight is 344 g/mol. The van der Waals surface area contributed by atoms with Crippen molar-refractivity contribution in [3.05, 3.63) is 65.7 Å². The van der Waals surface area contributed by atoms with Gasteiger partial charge in [-0.15, -0.1) is 0 Å². The Morgan fingerprint density at radius 1 is 0.958 bits per heavy atom. The van der Waals surface area contributed by atoms with Crippen LogP contribution in [0.2, 0.25) is 0 Å². The van der Waals surface area contributed by atoms with Gasteiger partial charge in [-0.1, -0.05) is 49.4 Å². The molecule has 2 atom stereocenters. The first-order chi connectivity index (χ1) is 11.5. The lowest BCUT2D eigenvalue weighted by atomic mass is 9.98. The standard InChI is InChI=1S/C19H24N2O2S/c1-2-14-8-10-15(11-9-14)17-18(19(17,12-20)13-21)24(22,23)16-6-4-3-5-7-16/h3-11,17-18H,2,12-13,20-21H2,1H3/t17-,18+/m0/s1. The molecule has 2 aromatic carbocycles. The van der Waals surface area contributed by atoms with Crippen LogP contribution >= 0.6 is 0 Å². The molecule has 0 aliphatic heterocycles. The van der Waals surface area contributed by atoms with Crippen molar-refractivity contribution in [1.29, 1.82) is 0 Å². The van der Waals surface area contributed by atoms with Crippen LogP contribution in [-0.4, -0.2) is 26.8 Å². The van der Waals surface area contributed by atoms with Crippen molar-refractivity contribution < 1.29 is 8.42 Å². The van der Waals surface area contributed by atoms with Gasteiger partial charge in [0.05, 0.1) is 10.1 Å². The Labute approximate surface area is 143 Å². The lowest BCUT2D eigenvalue weighted by Gasteiger charge is -2.13. The summed E-state index contributed by atoms with van der Waals surface area (Å²) in [4.78, 5) is 0.342. The molecule has 1 fully saturated rings. The third-order valence-corrected chi connectivity index (χ3v) is 7.63. The minimum atomic E-state index is -3.47. The predicted octanol–water partition coefficient (Wildman–Crippen LogP) is 2.09. The maximum atomic E-state index is 13.1. The van der Waals surface area contributed by atoms with Gasteiger partial charge in [-0.25, -0.2) is 8.42 Å². The number of hydrogen-bond donors (Lipinski definition) is 2. The maximum absolute atomic E-state index is 13.1. The van der Waals surface area contributed by atoms with Crippen LogP contribution in [-0.2, 0) is 16.3 Å². The van der Waals surface area contributed by atoms with Crippen LogP contribution in [0.5, 0.6) is 0 Å². The summed E-state index contributed by atoms with van der Waals surface area (Å²) in [5.41, 5.74) is 13.6. The van der Waals surface area contributed by atoms with Crippen molar-refractivity contribution in [3.63, 3.8) is 0 Å². The Hall–Kier alpha value is -1.69. The van der Waals surface area contributed by atoms with E-state index in [0.717, 1.165) is 12.0 Å². The Morgan fingerprint density at radius 3 is 2.04 bits per heavy atom. The van der Waals surface area contributed by atoms with E-state index in [9.17, 15) is 8.42 Å². The molecule has 0 amide bonds. The molecule has 2 aromatic rings. The van der Waals surface area contributed by atoms with E-state index in [-0.39, 0.29) is 19.0 Å². The summed E-state index contributed by atoms with van der Waals surface area (Å²) < 4.78 is 26.2. The molecule has 0 aromatic heterocycles. The topological polar surface area (TPSA) is 86.2 Å². The van der Waals surface area contributed by atoms with Crippen LogP contribution in [0.1, 0.15) is 24.0 Å². The minimum Gasteiger partial charge on any atom is -0.330 e. The van der Waals surface area contributed by atoms with Crippen molar-refractivity contribution in [2.45, 2.75) is 29.4 Å². The minimum absolute atomic E-state index is 0.149. The van der Waals surface area contributed by atoms with Gasteiger partial charge in [0.1, 0.15) is 0 Å². The maximum Gasteiger partial charge on any atom is 0.182 e. The van der Waals surface area contributed by atoms with E-state index in [0.29, 0.717) is 4.90 Å². The van der Waals surface area contributed by atoms with Crippen molar-refractivity contribution in [2.24, 2.45) is 16.9 Å². The van der Waals surface area contributed by atoms with Gasteiger partial charge in [-0.2, -0.15) is 0 Å². The summed E-state index contributed by atoms with van der Waals surface area (Å²) in [6.45, 7) is 2.62. The molecule has 1 aliphatic rings. The molecule has 0 radical (unpaired) electrons. The molecule has 1 saturated carbocycles. The highest BCUT2D eigenvalue weighted by atomic mass is 32.2. The van der Waals surface area contributed by atoms with Gasteiger partial charge in [0.25, 0.3) is 0 Å². The smallest absolute Gasteiger partial charge is 0.182 e. The zero-order valence-corrected chi connectivity index (χ0v) is 14.7. The third kappa shape index (κ3) is 2.57. The van der Waals surface area contributed by atoms with E-state index in [4.69, 9.17) is 11.5 Å². The lowest BCUT2D eigenvalue weighted by molar-refractivity contribution is 0.510. The molecule has 3 rings (SSSR count). The molecule has 1 aliphatic carbocycles. The summed E-state index contributed by atoms with van der Waals surface area (Å²) in [6, 6.07) is 16.7. The van der Waals surface area contributed by atoms with Gasteiger partial charge in [0.2, 0.25) is 0 Å². The highest BCUT2D eigenvalue weighted by Gasteiger charge is 2.69. The van der Waals surface area contributed by atoms with Crippen LogP contribution in [0.4, 0.5) is 0 Å². The second kappa shape index (κ2) is 6.31. The molecule has 0 spiro atoms. The zero-order chi connectivity index (χ0) is 17.4. The first-order valence-electron chi connectivity index (χ1n) is 8.29. The fraction of sp³-hybridized carbons (Fsp3) is 0.368. The molecular formula is C19H24N2O2S.